The van der Waals surface area contributed by atoms with Crippen LogP contribution in [0.25, 0.3) is 33.6 Å². The molecule has 1 saturated heterocycles. The number of carbonyl (C=O) groups excluding carboxylic acids is 1. The van der Waals surface area contributed by atoms with E-state index in [4.69, 9.17) is 10.1 Å². The third-order valence-corrected chi connectivity index (χ3v) is 7.69. The molecule has 1 N–H and O–H groups in total. The van der Waals surface area contributed by atoms with E-state index >= 15 is 0 Å². The first-order valence-electron chi connectivity index (χ1n) is 13.6. The van der Waals surface area contributed by atoms with Crippen molar-refractivity contribution in [2.45, 2.75) is 32.2 Å². The maximum absolute atomic E-state index is 12.5. The number of aromatic nitrogens is 8. The van der Waals surface area contributed by atoms with Gasteiger partial charge < -0.3 is 10.2 Å². The first kappa shape index (κ1) is 24.3. The maximum Gasteiger partial charge on any atom is 0.244 e. The van der Waals surface area contributed by atoms with E-state index in [1.54, 1.807) is 10.9 Å². The number of amides is 1. The van der Waals surface area contributed by atoms with Gasteiger partial charge in [-0.25, -0.2) is 9.97 Å². The van der Waals surface area contributed by atoms with Gasteiger partial charge in [-0.1, -0.05) is 24.3 Å². The van der Waals surface area contributed by atoms with Crippen molar-refractivity contribution in [1.82, 2.24) is 44.2 Å². The summed E-state index contributed by atoms with van der Waals surface area (Å²) in [7, 11) is 3.91. The molecular formula is C29H30N10O. The van der Waals surface area contributed by atoms with Crippen LogP contribution in [0.2, 0.25) is 0 Å². The number of aryl methyl sites for hydroxylation is 4. The highest BCUT2D eigenvalue weighted by Crippen LogP contribution is 2.40. The van der Waals surface area contributed by atoms with Crippen LogP contribution >= 0.6 is 0 Å². The summed E-state index contributed by atoms with van der Waals surface area (Å²) < 4.78 is 5.42. The predicted molar refractivity (Wildman–Crippen MR) is 151 cm³/mol. The summed E-state index contributed by atoms with van der Waals surface area (Å²) in [5.41, 5.74) is 8.37. The van der Waals surface area contributed by atoms with Crippen molar-refractivity contribution < 1.29 is 4.79 Å². The molecule has 11 nitrogen and oxygen atoms in total. The quantitative estimate of drug-likeness (QED) is 0.354. The van der Waals surface area contributed by atoms with Gasteiger partial charge in [0.25, 0.3) is 0 Å². The first-order valence-corrected chi connectivity index (χ1v) is 13.6. The second-order valence-corrected chi connectivity index (χ2v) is 10.5. The molecule has 4 aromatic heterocycles. The number of hydrogen-bond acceptors (Lipinski definition) is 7. The second-order valence-electron chi connectivity index (χ2n) is 10.5. The van der Waals surface area contributed by atoms with Gasteiger partial charge in [0, 0.05) is 68.5 Å². The molecule has 202 valence electrons. The molecule has 0 spiro atoms. The Kier molecular flexibility index (Phi) is 5.91. The molecule has 2 aliphatic rings. The number of benzene rings is 1. The van der Waals surface area contributed by atoms with Crippen LogP contribution in [0.1, 0.15) is 24.1 Å². The van der Waals surface area contributed by atoms with Gasteiger partial charge in [0.1, 0.15) is 6.54 Å². The third-order valence-electron chi connectivity index (χ3n) is 7.69. The topological polar surface area (TPSA) is 112 Å². The van der Waals surface area contributed by atoms with E-state index in [1.807, 2.05) is 53.0 Å². The molecule has 11 heteroatoms. The zero-order valence-electron chi connectivity index (χ0n) is 22.6. The lowest BCUT2D eigenvalue weighted by molar-refractivity contribution is -0.130. The molecule has 5 aromatic rings. The molecule has 40 heavy (non-hydrogen) atoms. The molecule has 1 aliphatic heterocycles. The van der Waals surface area contributed by atoms with Crippen molar-refractivity contribution in [3.8, 4) is 33.6 Å². The summed E-state index contributed by atoms with van der Waals surface area (Å²) in [6, 6.07) is 10.3. The minimum absolute atomic E-state index is 0.0993. The van der Waals surface area contributed by atoms with Crippen LogP contribution in [-0.4, -0.2) is 63.2 Å². The van der Waals surface area contributed by atoms with E-state index in [-0.39, 0.29) is 12.5 Å². The molecule has 5 heterocycles. The fourth-order valence-corrected chi connectivity index (χ4v) is 5.68. The zero-order chi connectivity index (χ0) is 27.2. The minimum Gasteiger partial charge on any atom is -0.341 e. The number of nitrogens with one attached hydrogen (secondary N) is 1. The van der Waals surface area contributed by atoms with Crippen LogP contribution in [0.4, 0.5) is 11.8 Å². The zero-order valence-corrected chi connectivity index (χ0v) is 22.6. The fourth-order valence-electron chi connectivity index (χ4n) is 5.68. The van der Waals surface area contributed by atoms with Gasteiger partial charge in [-0.3, -0.25) is 18.8 Å². The monoisotopic (exact) mass is 534 g/mol. The lowest BCUT2D eigenvalue weighted by Crippen LogP contribution is -2.31. The number of hydrogen-bond donors (Lipinski definition) is 1. The SMILES string of the molecule is Cn1cc(-c2ccc(-c3c4c(nn3C)CCc3cnc(Nc5ccn(CC(=O)N6CCCC6)n5)nc3-4)cc2)cn1. The Bertz CT molecular complexity index is 1700. The van der Waals surface area contributed by atoms with E-state index < -0.39 is 0 Å². The molecular weight excluding hydrogens is 504 g/mol. The van der Waals surface area contributed by atoms with Crippen molar-refractivity contribution >= 4 is 17.7 Å². The molecule has 0 bridgehead atoms. The molecule has 7 rings (SSSR count). The van der Waals surface area contributed by atoms with Gasteiger partial charge >= 0.3 is 0 Å². The van der Waals surface area contributed by atoms with Crippen molar-refractivity contribution in [2.75, 3.05) is 18.4 Å². The third kappa shape index (κ3) is 4.42. The van der Waals surface area contributed by atoms with Gasteiger partial charge in [-0.05, 0) is 36.8 Å². The van der Waals surface area contributed by atoms with Crippen LogP contribution in [0.3, 0.4) is 0 Å². The Balaban J connectivity index is 1.16. The van der Waals surface area contributed by atoms with Gasteiger partial charge in [0.2, 0.25) is 11.9 Å². The van der Waals surface area contributed by atoms with Crippen molar-refractivity contribution in [2.24, 2.45) is 14.1 Å². The van der Waals surface area contributed by atoms with Crippen LogP contribution in [0.5, 0.6) is 0 Å². The Morgan fingerprint density at radius 3 is 2.52 bits per heavy atom. The summed E-state index contributed by atoms with van der Waals surface area (Å²) in [4.78, 5) is 23.9. The molecule has 1 aromatic carbocycles. The highest BCUT2D eigenvalue weighted by atomic mass is 16.2. The number of likely N-dealkylation sites (tertiary alicyclic amines) is 1. The van der Waals surface area contributed by atoms with E-state index in [0.29, 0.717) is 11.8 Å². The fraction of sp³-hybridized carbons (Fsp3) is 0.310. The Morgan fingerprint density at radius 1 is 0.950 bits per heavy atom. The molecule has 1 amide bonds. The average molecular weight is 535 g/mol. The van der Waals surface area contributed by atoms with Crippen molar-refractivity contribution in [1.29, 1.82) is 0 Å². The van der Waals surface area contributed by atoms with Crippen LogP contribution in [0.15, 0.2) is 55.1 Å². The van der Waals surface area contributed by atoms with Crippen LogP contribution in [-0.2, 0) is 38.3 Å². The smallest absolute Gasteiger partial charge is 0.244 e. The van der Waals surface area contributed by atoms with Gasteiger partial charge in [-0.2, -0.15) is 15.3 Å². The number of rotatable bonds is 6. The highest BCUT2D eigenvalue weighted by molar-refractivity contribution is 5.85. The number of fused-ring (bicyclic) bond motifs is 3. The number of anilines is 2. The van der Waals surface area contributed by atoms with Crippen LogP contribution < -0.4 is 5.32 Å². The summed E-state index contributed by atoms with van der Waals surface area (Å²) in [6.07, 6.45) is 11.4. The standard InChI is InChI=1S/C29H30N10O/c1-36-17-22(16-31-36)19-5-7-20(8-6-19)28-26-23(34-37(28)2)10-9-21-15-30-29(33-27(21)26)32-24-11-14-39(35-24)18-25(40)38-12-3-4-13-38/h5-8,11,14-17H,3-4,9-10,12-13,18H2,1-2H3,(H,30,32,33,35). The lowest BCUT2D eigenvalue weighted by atomic mass is 9.91. The second kappa shape index (κ2) is 9.74. The summed E-state index contributed by atoms with van der Waals surface area (Å²) in [5, 5.41) is 16.9. The molecule has 0 atom stereocenters. The summed E-state index contributed by atoms with van der Waals surface area (Å²) >= 11 is 0. The number of nitrogens with zero attached hydrogens (tertiary/aromatic N) is 9. The van der Waals surface area contributed by atoms with Gasteiger partial charge in [0.15, 0.2) is 5.82 Å². The summed E-state index contributed by atoms with van der Waals surface area (Å²) in [6.45, 7) is 1.90. The first-order chi connectivity index (χ1) is 19.5. The molecule has 1 fully saturated rings. The largest absolute Gasteiger partial charge is 0.341 e. The lowest BCUT2D eigenvalue weighted by Gasteiger charge is -2.17. The van der Waals surface area contributed by atoms with Crippen molar-refractivity contribution in [3.05, 3.63) is 66.4 Å². The van der Waals surface area contributed by atoms with E-state index in [1.165, 1.54) is 0 Å². The molecule has 0 unspecified atom stereocenters. The molecule has 1 aliphatic carbocycles. The number of carbonyl (C=O) groups is 1. The Hall–Kier alpha value is -4.80. The summed E-state index contributed by atoms with van der Waals surface area (Å²) in [5.74, 6) is 1.16. The molecule has 0 radical (unpaired) electrons. The van der Waals surface area contributed by atoms with Gasteiger partial charge in [0.05, 0.1) is 23.3 Å². The van der Waals surface area contributed by atoms with E-state index in [9.17, 15) is 4.79 Å². The predicted octanol–water partition coefficient (Wildman–Crippen LogP) is 3.61. The Morgan fingerprint density at radius 2 is 1.75 bits per heavy atom. The van der Waals surface area contributed by atoms with Gasteiger partial charge in [-0.15, -0.1) is 0 Å². The maximum atomic E-state index is 12.5. The van der Waals surface area contributed by atoms with Crippen LogP contribution in [0, 0.1) is 0 Å². The van der Waals surface area contributed by atoms with Crippen molar-refractivity contribution in [3.63, 3.8) is 0 Å². The normalized spacial score (nSPS) is 14.3. The molecule has 0 saturated carbocycles. The highest BCUT2D eigenvalue weighted by Gasteiger charge is 2.27. The minimum atomic E-state index is 0.0993. The Labute approximate surface area is 231 Å². The van der Waals surface area contributed by atoms with E-state index in [2.05, 4.69) is 44.8 Å². The average Bonchev–Trinajstić information content (AvgIpc) is 3.76. The van der Waals surface area contributed by atoms with E-state index in [0.717, 1.165) is 83.7 Å².